The van der Waals surface area contributed by atoms with Crippen molar-refractivity contribution < 1.29 is 9.59 Å². The number of benzene rings is 3. The Kier molecular flexibility index (Phi) is 5.96. The second-order valence-electron chi connectivity index (χ2n) is 8.28. The van der Waals surface area contributed by atoms with Gasteiger partial charge in [0.2, 0.25) is 0 Å². The van der Waals surface area contributed by atoms with Crippen LogP contribution in [0.15, 0.2) is 90.8 Å². The van der Waals surface area contributed by atoms with Crippen LogP contribution in [-0.4, -0.2) is 42.0 Å². The number of hydrogen-bond acceptors (Lipinski definition) is 4. The summed E-state index contributed by atoms with van der Waals surface area (Å²) in [5.41, 5.74) is 6.16. The summed E-state index contributed by atoms with van der Waals surface area (Å²) >= 11 is 6.30. The molecule has 1 N–H and O–H groups in total. The summed E-state index contributed by atoms with van der Waals surface area (Å²) in [6, 6.07) is 24.5. The number of rotatable bonds is 6. The Labute approximate surface area is 203 Å². The number of fused-ring (bicyclic) bond motifs is 3. The van der Waals surface area contributed by atoms with Gasteiger partial charge < -0.3 is 4.90 Å². The van der Waals surface area contributed by atoms with Gasteiger partial charge >= 0.3 is 6.03 Å². The van der Waals surface area contributed by atoms with Gasteiger partial charge in [0.1, 0.15) is 5.82 Å². The van der Waals surface area contributed by atoms with Gasteiger partial charge in [0.15, 0.2) is 0 Å². The molecule has 1 fully saturated rings. The van der Waals surface area contributed by atoms with Crippen LogP contribution < -0.4 is 15.2 Å². The minimum atomic E-state index is -0.268. The van der Waals surface area contributed by atoms with Crippen molar-refractivity contribution in [2.45, 2.75) is 6.54 Å². The van der Waals surface area contributed by atoms with E-state index in [0.29, 0.717) is 41.0 Å². The van der Waals surface area contributed by atoms with Crippen molar-refractivity contribution in [3.63, 3.8) is 0 Å². The smallest absolute Gasteiger partial charge is 0.300 e. The molecule has 3 aromatic carbocycles. The lowest BCUT2D eigenvalue weighted by atomic mass is 10.2. The molecule has 5 rings (SSSR count). The van der Waals surface area contributed by atoms with Crippen molar-refractivity contribution >= 4 is 40.6 Å². The number of urea groups is 1. The third kappa shape index (κ3) is 4.23. The van der Waals surface area contributed by atoms with Crippen LogP contribution in [0.1, 0.15) is 5.56 Å². The molecule has 3 aromatic rings. The van der Waals surface area contributed by atoms with Crippen LogP contribution in [0.3, 0.4) is 0 Å². The van der Waals surface area contributed by atoms with E-state index >= 15 is 0 Å². The molecule has 0 aromatic heterocycles. The number of likely N-dealkylation sites (N-methyl/N-ethyl adjacent to an activating group) is 1. The monoisotopic (exact) mass is 473 g/mol. The van der Waals surface area contributed by atoms with E-state index in [2.05, 4.69) is 22.5 Å². The zero-order chi connectivity index (χ0) is 23.7. The molecule has 2 aliphatic rings. The third-order valence-corrected chi connectivity index (χ3v) is 6.06. The predicted octanol–water partition coefficient (Wildman–Crippen LogP) is 4.74. The van der Waals surface area contributed by atoms with Gasteiger partial charge in [-0.1, -0.05) is 60.1 Å². The molecular weight excluding hydrogens is 450 g/mol. The maximum atomic E-state index is 13.4. The first-order chi connectivity index (χ1) is 16.5. The maximum absolute atomic E-state index is 13.4. The van der Waals surface area contributed by atoms with Gasteiger partial charge in [-0.05, 0) is 42.9 Å². The van der Waals surface area contributed by atoms with Crippen LogP contribution in [0.5, 0.6) is 0 Å². The molecule has 0 saturated carbocycles. The van der Waals surface area contributed by atoms with Gasteiger partial charge in [0.05, 0.1) is 17.9 Å². The molecule has 8 heteroatoms. The zero-order valence-electron chi connectivity index (χ0n) is 18.7. The highest BCUT2D eigenvalue weighted by Crippen LogP contribution is 2.41. The van der Waals surface area contributed by atoms with E-state index in [1.165, 1.54) is 21.5 Å². The van der Waals surface area contributed by atoms with Gasteiger partial charge in [0.25, 0.3) is 5.91 Å². The number of amides is 3. The van der Waals surface area contributed by atoms with Crippen molar-refractivity contribution in [2.75, 3.05) is 29.9 Å². The number of hydrazine groups is 1. The van der Waals surface area contributed by atoms with E-state index in [-0.39, 0.29) is 11.9 Å². The second-order valence-corrected chi connectivity index (χ2v) is 8.71. The second kappa shape index (κ2) is 9.21. The van der Waals surface area contributed by atoms with E-state index in [9.17, 15) is 9.59 Å². The fourth-order valence-electron chi connectivity index (χ4n) is 4.19. The van der Waals surface area contributed by atoms with Crippen LogP contribution in [0.4, 0.5) is 21.9 Å². The van der Waals surface area contributed by atoms with Crippen LogP contribution >= 0.6 is 11.6 Å². The first kappa shape index (κ1) is 22.0. The standard InChI is InChI=1S/C26H24ClN5O2/c1-29(18-19-8-4-2-5-9-19)14-15-30-26(34)32-22-13-12-20(27)16-23(22)31(21-10-6-3-7-11-21)25(33)17-24(32)28-30/h2-13,16-17,28H,14-15,18H2,1H3. The molecule has 1 saturated heterocycles. The summed E-state index contributed by atoms with van der Waals surface area (Å²) < 4.78 is 0. The summed E-state index contributed by atoms with van der Waals surface area (Å²) in [6.45, 7) is 1.89. The number of hydrogen-bond donors (Lipinski definition) is 1. The fraction of sp³-hybridized carbons (Fsp3) is 0.154. The van der Waals surface area contributed by atoms with Crippen LogP contribution in [0.25, 0.3) is 0 Å². The molecule has 0 unspecified atom stereocenters. The molecule has 0 bridgehead atoms. The van der Waals surface area contributed by atoms with Crippen molar-refractivity contribution in [1.82, 2.24) is 15.3 Å². The van der Waals surface area contributed by atoms with Gasteiger partial charge in [-0.25, -0.2) is 14.7 Å². The number of halogens is 1. The summed E-state index contributed by atoms with van der Waals surface area (Å²) in [4.78, 5) is 32.0. The molecule has 0 radical (unpaired) electrons. The van der Waals surface area contributed by atoms with Gasteiger partial charge in [-0.2, -0.15) is 0 Å². The van der Waals surface area contributed by atoms with Crippen LogP contribution in [0.2, 0.25) is 5.02 Å². The highest BCUT2D eigenvalue weighted by atomic mass is 35.5. The summed E-state index contributed by atoms with van der Waals surface area (Å²) in [6.07, 6.45) is 1.45. The highest BCUT2D eigenvalue weighted by molar-refractivity contribution is 6.31. The predicted molar refractivity (Wildman–Crippen MR) is 134 cm³/mol. The minimum absolute atomic E-state index is 0.245. The number of para-hydroxylation sites is 1. The van der Waals surface area contributed by atoms with Crippen molar-refractivity contribution in [1.29, 1.82) is 0 Å². The molecule has 172 valence electrons. The maximum Gasteiger partial charge on any atom is 0.349 e. The molecular formula is C26H24ClN5O2. The first-order valence-electron chi connectivity index (χ1n) is 11.0. The van der Waals surface area contributed by atoms with Crippen LogP contribution in [0, 0.1) is 0 Å². The van der Waals surface area contributed by atoms with E-state index in [0.717, 1.165) is 6.54 Å². The Balaban J connectivity index is 1.40. The Bertz CT molecular complexity index is 1250. The summed E-state index contributed by atoms with van der Waals surface area (Å²) in [7, 11) is 2.02. The fourth-order valence-corrected chi connectivity index (χ4v) is 4.36. The third-order valence-electron chi connectivity index (χ3n) is 5.83. The van der Waals surface area contributed by atoms with E-state index in [1.807, 2.05) is 55.6 Å². The molecule has 0 aliphatic carbocycles. The minimum Gasteiger partial charge on any atom is -0.300 e. The molecule has 34 heavy (non-hydrogen) atoms. The Hall–Kier alpha value is -3.81. The normalized spacial score (nSPS) is 15.1. The Morgan fingerprint density at radius 2 is 1.59 bits per heavy atom. The quantitative estimate of drug-likeness (QED) is 0.562. The lowest BCUT2D eigenvalue weighted by molar-refractivity contribution is -0.113. The van der Waals surface area contributed by atoms with E-state index < -0.39 is 0 Å². The number of carbonyl (C=O) groups is 2. The average Bonchev–Trinajstić information content (AvgIpc) is 3.07. The number of nitrogens with zero attached hydrogens (tertiary/aromatic N) is 4. The van der Waals surface area contributed by atoms with Crippen molar-refractivity contribution in [3.8, 4) is 0 Å². The number of nitrogens with one attached hydrogen (secondary N) is 1. The van der Waals surface area contributed by atoms with E-state index in [4.69, 9.17) is 11.6 Å². The lowest BCUT2D eigenvalue weighted by Crippen LogP contribution is -2.40. The number of carbonyl (C=O) groups excluding carboxylic acids is 2. The zero-order valence-corrected chi connectivity index (χ0v) is 19.4. The molecule has 0 spiro atoms. The molecule has 2 aliphatic heterocycles. The largest absolute Gasteiger partial charge is 0.349 e. The Morgan fingerprint density at radius 3 is 2.32 bits per heavy atom. The van der Waals surface area contributed by atoms with E-state index in [1.54, 1.807) is 23.1 Å². The molecule has 0 atom stereocenters. The number of anilines is 3. The first-order valence-corrected chi connectivity index (χ1v) is 11.4. The SMILES string of the molecule is CN(CCN1NC2=CC(=O)N(c3ccccc3)c3cc(Cl)ccc3N2C1=O)Cc1ccccc1. The molecule has 7 nitrogen and oxygen atoms in total. The molecule has 3 amide bonds. The van der Waals surface area contributed by atoms with Gasteiger partial charge in [-0.15, -0.1) is 0 Å². The highest BCUT2D eigenvalue weighted by Gasteiger charge is 2.39. The van der Waals surface area contributed by atoms with Crippen molar-refractivity contribution in [2.24, 2.45) is 0 Å². The lowest BCUT2D eigenvalue weighted by Gasteiger charge is -2.25. The van der Waals surface area contributed by atoms with Gasteiger partial charge in [-0.3, -0.25) is 15.1 Å². The van der Waals surface area contributed by atoms with Crippen LogP contribution in [-0.2, 0) is 11.3 Å². The van der Waals surface area contributed by atoms with Gasteiger partial charge in [0, 0.05) is 29.9 Å². The Morgan fingerprint density at radius 1 is 0.882 bits per heavy atom. The summed E-state index contributed by atoms with van der Waals surface area (Å²) in [5.74, 6) is 0.151. The summed E-state index contributed by atoms with van der Waals surface area (Å²) in [5, 5.41) is 2.02. The average molecular weight is 474 g/mol. The molecule has 2 heterocycles. The topological polar surface area (TPSA) is 59.1 Å². The van der Waals surface area contributed by atoms with Crippen molar-refractivity contribution in [3.05, 3.63) is 101 Å².